The summed E-state index contributed by atoms with van der Waals surface area (Å²) in [6, 6.07) is 3.86. The van der Waals surface area contributed by atoms with Crippen molar-refractivity contribution in [3.05, 3.63) is 29.0 Å². The maximum Gasteiger partial charge on any atom is 0.522 e. The Morgan fingerprint density at radius 2 is 2.07 bits per heavy atom. The minimum Gasteiger partial charge on any atom is -0.484 e. The largest absolute Gasteiger partial charge is 0.522 e. The summed E-state index contributed by atoms with van der Waals surface area (Å²) in [4.78, 5) is 14.2. The highest BCUT2D eigenvalue weighted by Crippen LogP contribution is 2.34. The Kier molecular flexibility index (Phi) is 6.67. The number of nitrogens with zero attached hydrogens (tertiary/aromatic N) is 1. The first-order valence-electron chi connectivity index (χ1n) is 9.05. The molecule has 3 rings (SSSR count). The van der Waals surface area contributed by atoms with Gasteiger partial charge in [-0.1, -0.05) is 11.6 Å². The number of alkyl halides is 3. The number of carbonyl (C=O) groups excluding carboxylic acids is 1. The second-order valence-corrected chi connectivity index (χ2v) is 7.48. The van der Waals surface area contributed by atoms with Gasteiger partial charge in [-0.3, -0.25) is 14.4 Å². The van der Waals surface area contributed by atoms with Crippen LogP contribution in [-0.2, 0) is 9.53 Å². The molecule has 1 aromatic carbocycles. The van der Waals surface area contributed by atoms with Crippen LogP contribution in [0.15, 0.2) is 18.2 Å². The number of halogens is 5. The summed E-state index contributed by atoms with van der Waals surface area (Å²) in [6.07, 6.45) is -3.08. The normalized spacial score (nSPS) is 25.8. The van der Waals surface area contributed by atoms with Gasteiger partial charge in [-0.2, -0.15) is 0 Å². The Balaban J connectivity index is 1.40. The predicted molar refractivity (Wildman–Crippen MR) is 93.6 cm³/mol. The van der Waals surface area contributed by atoms with E-state index >= 15 is 0 Å². The van der Waals surface area contributed by atoms with Crippen molar-refractivity contribution in [1.29, 1.82) is 0 Å². The van der Waals surface area contributed by atoms with Gasteiger partial charge in [0, 0.05) is 24.7 Å². The van der Waals surface area contributed by atoms with Gasteiger partial charge >= 0.3 is 6.36 Å². The molecule has 10 heteroatoms. The third-order valence-electron chi connectivity index (χ3n) is 4.97. The van der Waals surface area contributed by atoms with Gasteiger partial charge in [-0.25, -0.2) is 4.39 Å². The predicted octanol–water partition coefficient (Wildman–Crippen LogP) is 3.51. The molecule has 1 heterocycles. The molecule has 1 saturated carbocycles. The molecule has 1 atom stereocenters. The molecule has 1 aliphatic carbocycles. The highest BCUT2D eigenvalue weighted by Gasteiger charge is 2.42. The Bertz CT molecular complexity index is 698. The fourth-order valence-electron chi connectivity index (χ4n) is 3.56. The van der Waals surface area contributed by atoms with Crippen molar-refractivity contribution in [2.24, 2.45) is 0 Å². The zero-order valence-electron chi connectivity index (χ0n) is 15.0. The first-order chi connectivity index (χ1) is 13.2. The molecule has 28 heavy (non-hydrogen) atoms. The van der Waals surface area contributed by atoms with Crippen LogP contribution in [0.1, 0.15) is 25.7 Å². The molecule has 1 aromatic rings. The average molecular weight is 425 g/mol. The summed E-state index contributed by atoms with van der Waals surface area (Å²) >= 11 is 5.59. The molecule has 5 nitrogen and oxygen atoms in total. The molecule has 2 fully saturated rings. The van der Waals surface area contributed by atoms with Crippen LogP contribution >= 0.6 is 11.6 Å². The van der Waals surface area contributed by atoms with Crippen molar-refractivity contribution in [3.8, 4) is 5.75 Å². The standard InChI is InChI=1S/C18H21ClF4N2O3/c19-15-4-3-13(8-16(15)20)27-10-17(26)24-11-2-1-5-25(9-11)12-6-14(7-12)28-18(21,22)23/h3-4,8,11-12,14H,1-2,5-7,9-10H2,(H,24,26)/t11-,12?,14?/m0/s1. The Morgan fingerprint density at radius 1 is 1.32 bits per heavy atom. The number of hydrogen-bond acceptors (Lipinski definition) is 4. The first-order valence-corrected chi connectivity index (χ1v) is 9.43. The van der Waals surface area contributed by atoms with E-state index < -0.39 is 18.3 Å². The summed E-state index contributed by atoms with van der Waals surface area (Å²) in [5, 5.41) is 2.83. The van der Waals surface area contributed by atoms with Gasteiger partial charge in [0.15, 0.2) is 6.61 Å². The maximum absolute atomic E-state index is 13.4. The van der Waals surface area contributed by atoms with Crippen LogP contribution in [0.2, 0.25) is 5.02 Å². The second-order valence-electron chi connectivity index (χ2n) is 7.08. The molecular formula is C18H21ClF4N2O3. The second kappa shape index (κ2) is 8.84. The molecule has 156 valence electrons. The number of amides is 1. The fourth-order valence-corrected chi connectivity index (χ4v) is 3.68. The Labute approximate surface area is 164 Å². The van der Waals surface area contributed by atoms with Crippen molar-refractivity contribution < 1.29 is 31.8 Å². The molecule has 1 aliphatic heterocycles. The zero-order chi connectivity index (χ0) is 20.3. The van der Waals surface area contributed by atoms with E-state index in [9.17, 15) is 22.4 Å². The SMILES string of the molecule is O=C(COc1ccc(Cl)c(F)c1)N[C@H]1CCCN(C2CC(OC(F)(F)F)C2)C1. The number of nitrogens with one attached hydrogen (secondary N) is 1. The highest BCUT2D eigenvalue weighted by atomic mass is 35.5. The summed E-state index contributed by atoms with van der Waals surface area (Å²) < 4.78 is 59.3. The quantitative estimate of drug-likeness (QED) is 0.710. The molecule has 1 N–H and O–H groups in total. The van der Waals surface area contributed by atoms with Gasteiger partial charge in [0.1, 0.15) is 11.6 Å². The van der Waals surface area contributed by atoms with Crippen LogP contribution < -0.4 is 10.1 Å². The first kappa shape index (κ1) is 21.1. The lowest BCUT2D eigenvalue weighted by Crippen LogP contribution is -2.56. The summed E-state index contributed by atoms with van der Waals surface area (Å²) in [5.41, 5.74) is 0. The average Bonchev–Trinajstić information content (AvgIpc) is 2.58. The van der Waals surface area contributed by atoms with E-state index in [2.05, 4.69) is 15.0 Å². The van der Waals surface area contributed by atoms with E-state index in [1.54, 1.807) is 0 Å². The zero-order valence-corrected chi connectivity index (χ0v) is 15.7. The topological polar surface area (TPSA) is 50.8 Å². The summed E-state index contributed by atoms with van der Waals surface area (Å²) in [5.74, 6) is -0.766. The molecule has 0 unspecified atom stereocenters. The van der Waals surface area contributed by atoms with Gasteiger partial charge in [0.25, 0.3) is 5.91 Å². The van der Waals surface area contributed by atoms with E-state index in [1.807, 2.05) is 0 Å². The molecule has 1 saturated heterocycles. The van der Waals surface area contributed by atoms with Crippen LogP contribution in [-0.4, -0.2) is 55.1 Å². The van der Waals surface area contributed by atoms with Crippen molar-refractivity contribution in [2.75, 3.05) is 19.7 Å². The minimum absolute atomic E-state index is 0.0297. The van der Waals surface area contributed by atoms with E-state index in [0.29, 0.717) is 19.4 Å². The molecule has 0 radical (unpaired) electrons. The third kappa shape index (κ3) is 5.96. The lowest BCUT2D eigenvalue weighted by molar-refractivity contribution is -0.354. The molecule has 2 aliphatic rings. The van der Waals surface area contributed by atoms with Crippen molar-refractivity contribution >= 4 is 17.5 Å². The van der Waals surface area contributed by atoms with Crippen molar-refractivity contribution in [1.82, 2.24) is 10.2 Å². The lowest BCUT2D eigenvalue weighted by atomic mass is 9.86. The third-order valence-corrected chi connectivity index (χ3v) is 5.27. The number of carbonyl (C=O) groups is 1. The van der Waals surface area contributed by atoms with E-state index in [-0.39, 0.29) is 35.4 Å². The molecule has 1 amide bonds. The summed E-state index contributed by atoms with van der Waals surface area (Å²) in [6.45, 7) is 1.10. The molecule has 0 spiro atoms. The van der Waals surface area contributed by atoms with Crippen LogP contribution in [0, 0.1) is 5.82 Å². The van der Waals surface area contributed by atoms with Crippen molar-refractivity contribution in [2.45, 2.75) is 50.2 Å². The minimum atomic E-state index is -4.60. The van der Waals surface area contributed by atoms with Crippen LogP contribution in [0.25, 0.3) is 0 Å². The fraction of sp³-hybridized carbons (Fsp3) is 0.611. The number of likely N-dealkylation sites (tertiary alicyclic amines) is 1. The maximum atomic E-state index is 13.4. The molecule has 0 aromatic heterocycles. The number of rotatable bonds is 6. The van der Waals surface area contributed by atoms with Gasteiger partial charge in [-0.15, -0.1) is 13.2 Å². The number of piperidine rings is 1. The molecule has 0 bridgehead atoms. The summed E-state index contributed by atoms with van der Waals surface area (Å²) in [7, 11) is 0. The van der Waals surface area contributed by atoms with Crippen molar-refractivity contribution in [3.63, 3.8) is 0 Å². The van der Waals surface area contributed by atoms with E-state index in [1.165, 1.54) is 12.1 Å². The lowest BCUT2D eigenvalue weighted by Gasteiger charge is -2.46. The van der Waals surface area contributed by atoms with Gasteiger partial charge in [-0.05, 0) is 44.4 Å². The van der Waals surface area contributed by atoms with Gasteiger partial charge < -0.3 is 10.1 Å². The van der Waals surface area contributed by atoms with Gasteiger partial charge in [0.2, 0.25) is 0 Å². The Hall–Kier alpha value is -1.58. The highest BCUT2D eigenvalue weighted by molar-refractivity contribution is 6.30. The molecular weight excluding hydrogens is 404 g/mol. The van der Waals surface area contributed by atoms with Crippen LogP contribution in [0.5, 0.6) is 5.75 Å². The number of hydrogen-bond donors (Lipinski definition) is 1. The smallest absolute Gasteiger partial charge is 0.484 e. The number of ether oxygens (including phenoxy) is 2. The van der Waals surface area contributed by atoms with Crippen LogP contribution in [0.4, 0.5) is 17.6 Å². The van der Waals surface area contributed by atoms with Gasteiger partial charge in [0.05, 0.1) is 11.1 Å². The monoisotopic (exact) mass is 424 g/mol. The Morgan fingerprint density at radius 3 is 2.75 bits per heavy atom. The number of benzene rings is 1. The van der Waals surface area contributed by atoms with E-state index in [4.69, 9.17) is 16.3 Å². The van der Waals surface area contributed by atoms with E-state index in [0.717, 1.165) is 25.5 Å². The van der Waals surface area contributed by atoms with Crippen LogP contribution in [0.3, 0.4) is 0 Å².